The summed E-state index contributed by atoms with van der Waals surface area (Å²) in [6.07, 6.45) is 6.29. The van der Waals surface area contributed by atoms with Gasteiger partial charge in [0.2, 0.25) is 0 Å². The molecule has 0 atom stereocenters. The minimum atomic E-state index is 0.780. The first kappa shape index (κ1) is 13.0. The van der Waals surface area contributed by atoms with E-state index in [2.05, 4.69) is 15.0 Å². The van der Waals surface area contributed by atoms with Crippen LogP contribution in [0.5, 0.6) is 0 Å². The predicted octanol–water partition coefficient (Wildman–Crippen LogP) is 3.70. The van der Waals surface area contributed by atoms with Crippen molar-refractivity contribution < 1.29 is 0 Å². The van der Waals surface area contributed by atoms with Gasteiger partial charge in [0.25, 0.3) is 0 Å². The van der Waals surface area contributed by atoms with Crippen LogP contribution in [0.25, 0.3) is 10.2 Å². The van der Waals surface area contributed by atoms with Crippen LogP contribution in [0.1, 0.15) is 24.1 Å². The van der Waals surface area contributed by atoms with Gasteiger partial charge < -0.3 is 5.73 Å². The van der Waals surface area contributed by atoms with Crippen molar-refractivity contribution in [1.29, 1.82) is 0 Å². The first-order valence-corrected chi connectivity index (χ1v) is 8.59. The highest BCUT2D eigenvalue weighted by molar-refractivity contribution is 8.01. The van der Waals surface area contributed by atoms with Crippen LogP contribution < -0.4 is 5.73 Å². The normalized spacial score (nSPS) is 14.3. The number of fused-ring (bicyclic) bond motifs is 2. The number of aromatic nitrogens is 3. The summed E-state index contributed by atoms with van der Waals surface area (Å²) in [5.74, 6) is 0. The maximum absolute atomic E-state index is 5.83. The molecule has 0 radical (unpaired) electrons. The van der Waals surface area contributed by atoms with Gasteiger partial charge in [0.05, 0.1) is 10.2 Å². The molecule has 0 bridgehead atoms. The zero-order valence-electron chi connectivity index (χ0n) is 11.4. The average Bonchev–Trinajstić information content (AvgIpc) is 2.89. The number of hydrogen-bond acceptors (Lipinski definition) is 6. The fourth-order valence-corrected chi connectivity index (χ4v) is 4.80. The molecule has 6 heteroatoms. The Hall–Kier alpha value is -1.66. The third kappa shape index (κ3) is 2.49. The SMILES string of the molecule is Nc1ccc2nc(Sc3ncnc4c3CCCC4)sc2c1. The van der Waals surface area contributed by atoms with Crippen molar-refractivity contribution in [3.8, 4) is 0 Å². The number of benzene rings is 1. The molecule has 0 saturated heterocycles. The third-order valence-electron chi connectivity index (χ3n) is 3.66. The largest absolute Gasteiger partial charge is 0.399 e. The molecule has 0 unspecified atom stereocenters. The number of rotatable bonds is 2. The van der Waals surface area contributed by atoms with Crippen molar-refractivity contribution >= 4 is 39.0 Å². The minimum absolute atomic E-state index is 0.780. The summed E-state index contributed by atoms with van der Waals surface area (Å²) >= 11 is 3.32. The smallest absolute Gasteiger partial charge is 0.157 e. The summed E-state index contributed by atoms with van der Waals surface area (Å²) in [7, 11) is 0. The fraction of sp³-hybridized carbons (Fsp3) is 0.267. The van der Waals surface area contributed by atoms with E-state index in [1.165, 1.54) is 24.1 Å². The second-order valence-electron chi connectivity index (χ2n) is 5.12. The van der Waals surface area contributed by atoms with Crippen molar-refractivity contribution in [1.82, 2.24) is 15.0 Å². The summed E-state index contributed by atoms with van der Waals surface area (Å²) in [6.45, 7) is 0. The van der Waals surface area contributed by atoms with E-state index < -0.39 is 0 Å². The van der Waals surface area contributed by atoms with E-state index in [4.69, 9.17) is 5.73 Å². The molecule has 2 N–H and O–H groups in total. The highest BCUT2D eigenvalue weighted by Gasteiger charge is 2.17. The number of nitrogens with two attached hydrogens (primary N) is 1. The molecule has 2 aromatic heterocycles. The molecule has 0 fully saturated rings. The number of anilines is 1. The van der Waals surface area contributed by atoms with Crippen molar-refractivity contribution in [2.75, 3.05) is 5.73 Å². The van der Waals surface area contributed by atoms with Gasteiger partial charge >= 0.3 is 0 Å². The fourth-order valence-electron chi connectivity index (χ4n) is 2.63. The van der Waals surface area contributed by atoms with Gasteiger partial charge in [0.1, 0.15) is 11.4 Å². The Bertz CT molecular complexity index is 813. The van der Waals surface area contributed by atoms with Crippen LogP contribution >= 0.6 is 23.1 Å². The quantitative estimate of drug-likeness (QED) is 0.577. The van der Waals surface area contributed by atoms with Crippen LogP contribution in [0, 0.1) is 0 Å². The van der Waals surface area contributed by atoms with Gasteiger partial charge in [-0.25, -0.2) is 15.0 Å². The standard InChI is InChI=1S/C15H14N4S2/c16-9-5-6-12-13(7-9)20-15(19-12)21-14-10-3-1-2-4-11(10)17-8-18-14/h5-8H,1-4,16H2. The number of nitrogens with zero attached hydrogens (tertiary/aromatic N) is 3. The topological polar surface area (TPSA) is 64.7 Å². The van der Waals surface area contributed by atoms with E-state index in [1.54, 1.807) is 29.4 Å². The van der Waals surface area contributed by atoms with Crippen LogP contribution in [0.15, 0.2) is 33.9 Å². The molecule has 4 rings (SSSR count). The Morgan fingerprint density at radius 1 is 1.14 bits per heavy atom. The van der Waals surface area contributed by atoms with Crippen LogP contribution in [-0.4, -0.2) is 15.0 Å². The number of thiazole rings is 1. The molecule has 1 aliphatic rings. The second-order valence-corrected chi connectivity index (χ2v) is 7.39. The Morgan fingerprint density at radius 2 is 2.05 bits per heavy atom. The van der Waals surface area contributed by atoms with Gasteiger partial charge in [-0.15, -0.1) is 11.3 Å². The summed E-state index contributed by atoms with van der Waals surface area (Å²) in [5, 5.41) is 1.06. The molecule has 0 amide bonds. The van der Waals surface area contributed by atoms with Crippen LogP contribution in [0.2, 0.25) is 0 Å². The van der Waals surface area contributed by atoms with Crippen molar-refractivity contribution in [2.45, 2.75) is 35.0 Å². The summed E-state index contributed by atoms with van der Waals surface area (Å²) in [6, 6.07) is 5.84. The van der Waals surface area contributed by atoms with Crippen LogP contribution in [0.3, 0.4) is 0 Å². The molecule has 0 aliphatic heterocycles. The Morgan fingerprint density at radius 3 is 3.00 bits per heavy atom. The third-order valence-corrected chi connectivity index (χ3v) is 5.79. The van der Waals surface area contributed by atoms with Crippen LogP contribution in [0.4, 0.5) is 5.69 Å². The monoisotopic (exact) mass is 314 g/mol. The van der Waals surface area contributed by atoms with Gasteiger partial charge in [0, 0.05) is 16.9 Å². The van der Waals surface area contributed by atoms with Gasteiger partial charge in [-0.05, 0) is 55.6 Å². The van der Waals surface area contributed by atoms with E-state index in [0.717, 1.165) is 38.1 Å². The van der Waals surface area contributed by atoms with Crippen molar-refractivity contribution in [3.63, 3.8) is 0 Å². The maximum atomic E-state index is 5.83. The minimum Gasteiger partial charge on any atom is -0.399 e. The van der Waals surface area contributed by atoms with Gasteiger partial charge in [-0.2, -0.15) is 0 Å². The average molecular weight is 314 g/mol. The van der Waals surface area contributed by atoms with E-state index in [9.17, 15) is 0 Å². The zero-order chi connectivity index (χ0) is 14.2. The number of aryl methyl sites for hydroxylation is 1. The summed E-state index contributed by atoms with van der Waals surface area (Å²) in [5.41, 5.74) is 10.1. The van der Waals surface area contributed by atoms with E-state index in [0.29, 0.717) is 0 Å². The van der Waals surface area contributed by atoms with Gasteiger partial charge in [-0.1, -0.05) is 0 Å². The number of hydrogen-bond donors (Lipinski definition) is 1. The summed E-state index contributed by atoms with van der Waals surface area (Å²) in [4.78, 5) is 13.6. The lowest BCUT2D eigenvalue weighted by Gasteiger charge is -2.16. The van der Waals surface area contributed by atoms with Crippen molar-refractivity contribution in [3.05, 3.63) is 35.8 Å². The van der Waals surface area contributed by atoms with E-state index in [1.807, 2.05) is 18.2 Å². The maximum Gasteiger partial charge on any atom is 0.157 e. The zero-order valence-corrected chi connectivity index (χ0v) is 13.0. The van der Waals surface area contributed by atoms with E-state index in [-0.39, 0.29) is 0 Å². The Labute approximate surface area is 130 Å². The molecule has 4 nitrogen and oxygen atoms in total. The molecule has 1 aliphatic carbocycles. The Kier molecular flexibility index (Phi) is 3.27. The lowest BCUT2D eigenvalue weighted by atomic mass is 9.98. The molecule has 2 heterocycles. The van der Waals surface area contributed by atoms with Crippen molar-refractivity contribution in [2.24, 2.45) is 0 Å². The molecule has 21 heavy (non-hydrogen) atoms. The highest BCUT2D eigenvalue weighted by atomic mass is 32.2. The molecular formula is C15H14N4S2. The second kappa shape index (κ2) is 5.27. The highest BCUT2D eigenvalue weighted by Crippen LogP contribution is 2.37. The number of nitrogen functional groups attached to an aromatic ring is 1. The molecule has 0 saturated carbocycles. The molecule has 1 aromatic carbocycles. The van der Waals surface area contributed by atoms with E-state index >= 15 is 0 Å². The van der Waals surface area contributed by atoms with Gasteiger partial charge in [-0.3, -0.25) is 0 Å². The first-order valence-electron chi connectivity index (χ1n) is 6.96. The molecule has 3 aromatic rings. The van der Waals surface area contributed by atoms with Gasteiger partial charge in [0.15, 0.2) is 4.34 Å². The molecular weight excluding hydrogens is 300 g/mol. The molecule has 0 spiro atoms. The lowest BCUT2D eigenvalue weighted by Crippen LogP contribution is -2.07. The lowest BCUT2D eigenvalue weighted by molar-refractivity contribution is 0.645. The first-order chi connectivity index (χ1) is 10.3. The molecule has 106 valence electrons. The van der Waals surface area contributed by atoms with Crippen LogP contribution in [-0.2, 0) is 12.8 Å². The predicted molar refractivity (Wildman–Crippen MR) is 86.8 cm³/mol. The summed E-state index contributed by atoms with van der Waals surface area (Å²) < 4.78 is 2.14. The Balaban J connectivity index is 1.71.